The van der Waals surface area contributed by atoms with Crippen LogP contribution in [-0.2, 0) is 14.6 Å². The fourth-order valence-corrected chi connectivity index (χ4v) is 2.94. The van der Waals surface area contributed by atoms with Gasteiger partial charge in [-0.1, -0.05) is 27.2 Å². The fourth-order valence-electron chi connectivity index (χ4n) is 2.94. The zero-order chi connectivity index (χ0) is 18.8. The second kappa shape index (κ2) is 12.0. The van der Waals surface area contributed by atoms with Gasteiger partial charge in [0.1, 0.15) is 12.4 Å². The van der Waals surface area contributed by atoms with E-state index in [0.717, 1.165) is 25.5 Å². The number of aldehydes is 1. The van der Waals surface area contributed by atoms with Gasteiger partial charge in [-0.05, 0) is 60.0 Å². The van der Waals surface area contributed by atoms with Gasteiger partial charge in [-0.3, -0.25) is 0 Å². The highest BCUT2D eigenvalue weighted by molar-refractivity contribution is 5.52. The van der Waals surface area contributed by atoms with Crippen LogP contribution in [0.4, 0.5) is 0 Å². The fraction of sp³-hybridized carbons (Fsp3) is 0.947. The third-order valence-corrected chi connectivity index (χ3v) is 4.71. The van der Waals surface area contributed by atoms with Gasteiger partial charge in [0.05, 0.1) is 11.7 Å². The van der Waals surface area contributed by atoms with E-state index >= 15 is 0 Å². The summed E-state index contributed by atoms with van der Waals surface area (Å²) in [6, 6.07) is 0.438. The van der Waals surface area contributed by atoms with Gasteiger partial charge < -0.3 is 14.8 Å². The van der Waals surface area contributed by atoms with Crippen LogP contribution in [0.5, 0.6) is 0 Å². The molecule has 0 aromatic heterocycles. The van der Waals surface area contributed by atoms with Crippen molar-refractivity contribution < 1.29 is 19.7 Å². The van der Waals surface area contributed by atoms with Crippen LogP contribution < -0.4 is 0 Å². The lowest BCUT2D eigenvalue weighted by molar-refractivity contribution is -0.373. The first-order chi connectivity index (χ1) is 11.2. The molecule has 0 amide bonds. The molecule has 0 heterocycles. The highest BCUT2D eigenvalue weighted by atomic mass is 17.2. The van der Waals surface area contributed by atoms with Gasteiger partial charge in [-0.25, -0.2) is 9.78 Å². The number of hydrogen-bond acceptors (Lipinski definition) is 5. The summed E-state index contributed by atoms with van der Waals surface area (Å²) in [5.74, 6) is -0.0378. The molecular weight excluding hydrogens is 306 g/mol. The van der Waals surface area contributed by atoms with Crippen molar-refractivity contribution in [1.29, 1.82) is 0 Å². The summed E-state index contributed by atoms with van der Waals surface area (Å²) in [5.41, 5.74) is -0.956. The molecule has 144 valence electrons. The number of nitrogens with zero attached hydrogens (tertiary/aromatic N) is 1. The monoisotopic (exact) mass is 345 g/mol. The predicted octanol–water partition coefficient (Wildman–Crippen LogP) is 3.59. The first kappa shape index (κ1) is 23.5. The molecule has 5 heteroatoms. The van der Waals surface area contributed by atoms with E-state index in [1.807, 2.05) is 20.8 Å². The van der Waals surface area contributed by atoms with Crippen LogP contribution in [-0.4, -0.2) is 54.2 Å². The van der Waals surface area contributed by atoms with E-state index in [9.17, 15) is 9.90 Å². The third kappa shape index (κ3) is 9.11. The maximum absolute atomic E-state index is 10.8. The van der Waals surface area contributed by atoms with Gasteiger partial charge in [0, 0.05) is 12.0 Å². The second-order valence-corrected chi connectivity index (χ2v) is 7.55. The average molecular weight is 346 g/mol. The molecule has 3 unspecified atom stereocenters. The minimum Gasteiger partial charge on any atom is -0.387 e. The number of carbonyl (C=O) groups excluding carboxylic acids is 1. The smallest absolute Gasteiger partial charge is 0.122 e. The molecule has 0 aromatic carbocycles. The quantitative estimate of drug-likeness (QED) is 0.296. The zero-order valence-corrected chi connectivity index (χ0v) is 16.7. The van der Waals surface area contributed by atoms with Crippen molar-refractivity contribution in [2.45, 2.75) is 97.0 Å². The van der Waals surface area contributed by atoms with Crippen LogP contribution in [0.1, 0.15) is 73.1 Å². The highest BCUT2D eigenvalue weighted by Crippen LogP contribution is 2.26. The van der Waals surface area contributed by atoms with Gasteiger partial charge in [-0.2, -0.15) is 0 Å². The average Bonchev–Trinajstić information content (AvgIpc) is 2.51. The van der Waals surface area contributed by atoms with E-state index in [2.05, 4.69) is 25.9 Å². The van der Waals surface area contributed by atoms with Crippen molar-refractivity contribution in [2.24, 2.45) is 5.92 Å². The number of hydrogen-bond donors (Lipinski definition) is 1. The van der Waals surface area contributed by atoms with Crippen LogP contribution >= 0.6 is 0 Å². The molecule has 0 spiro atoms. The molecule has 0 aliphatic rings. The molecule has 5 nitrogen and oxygen atoms in total. The molecule has 0 radical (unpaired) electrons. The molecule has 0 saturated carbocycles. The summed E-state index contributed by atoms with van der Waals surface area (Å²) in [6.45, 7) is 9.85. The molecule has 24 heavy (non-hydrogen) atoms. The van der Waals surface area contributed by atoms with Crippen molar-refractivity contribution in [3.63, 3.8) is 0 Å². The van der Waals surface area contributed by atoms with Crippen molar-refractivity contribution >= 4 is 6.29 Å². The van der Waals surface area contributed by atoms with Crippen LogP contribution in [0.25, 0.3) is 0 Å². The Morgan fingerprint density at radius 1 is 1.17 bits per heavy atom. The summed E-state index contributed by atoms with van der Waals surface area (Å²) in [4.78, 5) is 24.3. The molecule has 0 aliphatic heterocycles. The maximum Gasteiger partial charge on any atom is 0.122 e. The Hall–Kier alpha value is -0.490. The largest absolute Gasteiger partial charge is 0.387 e. The minimum absolute atomic E-state index is 0.0378. The summed E-state index contributed by atoms with van der Waals surface area (Å²) in [7, 11) is 4.13. The van der Waals surface area contributed by atoms with E-state index in [0.29, 0.717) is 25.3 Å². The molecule has 0 aliphatic carbocycles. The standard InChI is InChI=1S/C19H39NO4/c1-8-12-19(5,22)18(11-10-15(3)14-21)24-23-16(4)13-17(9-2)20(6)7/h14-18,22H,8-13H2,1-7H3/t15?,16?,17?,18-,19-/m1/s1. The van der Waals surface area contributed by atoms with E-state index in [1.54, 1.807) is 6.92 Å². The Labute approximate surface area is 148 Å². The van der Waals surface area contributed by atoms with E-state index in [-0.39, 0.29) is 12.0 Å². The van der Waals surface area contributed by atoms with Gasteiger partial charge in [-0.15, -0.1) is 0 Å². The lowest BCUT2D eigenvalue weighted by Gasteiger charge is -2.33. The Kier molecular flexibility index (Phi) is 11.7. The van der Waals surface area contributed by atoms with E-state index < -0.39 is 11.7 Å². The van der Waals surface area contributed by atoms with E-state index in [1.165, 1.54) is 0 Å². The Bertz CT molecular complexity index is 333. The molecule has 5 atom stereocenters. The first-order valence-electron chi connectivity index (χ1n) is 9.34. The summed E-state index contributed by atoms with van der Waals surface area (Å²) in [6.07, 6.45) is 5.17. The second-order valence-electron chi connectivity index (χ2n) is 7.55. The maximum atomic E-state index is 10.8. The minimum atomic E-state index is -0.956. The van der Waals surface area contributed by atoms with Crippen molar-refractivity contribution in [2.75, 3.05) is 14.1 Å². The third-order valence-electron chi connectivity index (χ3n) is 4.71. The molecule has 1 N–H and O–H groups in total. The van der Waals surface area contributed by atoms with E-state index in [4.69, 9.17) is 9.78 Å². The molecule has 0 rings (SSSR count). The van der Waals surface area contributed by atoms with Crippen LogP contribution in [0.3, 0.4) is 0 Å². The Balaban J connectivity index is 4.66. The predicted molar refractivity (Wildman–Crippen MR) is 97.8 cm³/mol. The highest BCUT2D eigenvalue weighted by Gasteiger charge is 2.33. The van der Waals surface area contributed by atoms with Gasteiger partial charge in [0.15, 0.2) is 0 Å². The molecule has 0 saturated heterocycles. The molecule has 0 bridgehead atoms. The number of carbonyl (C=O) groups is 1. The van der Waals surface area contributed by atoms with Crippen LogP contribution in [0.15, 0.2) is 0 Å². The zero-order valence-electron chi connectivity index (χ0n) is 16.7. The Morgan fingerprint density at radius 3 is 2.25 bits per heavy atom. The lowest BCUT2D eigenvalue weighted by atomic mass is 9.89. The normalized spacial score (nSPS) is 19.5. The lowest BCUT2D eigenvalue weighted by Crippen LogP contribution is -2.42. The summed E-state index contributed by atoms with van der Waals surface area (Å²) < 4.78 is 0. The number of rotatable bonds is 14. The van der Waals surface area contributed by atoms with Crippen molar-refractivity contribution in [1.82, 2.24) is 4.90 Å². The van der Waals surface area contributed by atoms with Gasteiger partial charge in [0.2, 0.25) is 0 Å². The first-order valence-corrected chi connectivity index (χ1v) is 9.34. The number of aliphatic hydroxyl groups is 1. The Morgan fingerprint density at radius 2 is 1.79 bits per heavy atom. The SMILES string of the molecule is CCC[C@@](C)(O)[C@@H](CCC(C)C=O)OOC(C)CC(CC)N(C)C. The molecule has 0 fully saturated rings. The topological polar surface area (TPSA) is 59.0 Å². The van der Waals surface area contributed by atoms with Gasteiger partial charge in [0.25, 0.3) is 0 Å². The van der Waals surface area contributed by atoms with Crippen LogP contribution in [0.2, 0.25) is 0 Å². The van der Waals surface area contributed by atoms with Crippen molar-refractivity contribution in [3.8, 4) is 0 Å². The molecular formula is C19H39NO4. The molecule has 0 aromatic rings. The summed E-state index contributed by atoms with van der Waals surface area (Å²) >= 11 is 0. The van der Waals surface area contributed by atoms with Crippen LogP contribution in [0, 0.1) is 5.92 Å². The summed E-state index contributed by atoms with van der Waals surface area (Å²) in [5, 5.41) is 10.7. The van der Waals surface area contributed by atoms with Gasteiger partial charge >= 0.3 is 0 Å². The van der Waals surface area contributed by atoms with Crippen molar-refractivity contribution in [3.05, 3.63) is 0 Å².